The number of aliphatic hydroxyl groups is 2. The first kappa shape index (κ1) is 15.6. The monoisotopic (exact) mass is 257 g/mol. The van der Waals surface area contributed by atoms with Crippen LogP contribution in [0.5, 0.6) is 0 Å². The van der Waals surface area contributed by atoms with E-state index < -0.39 is 11.4 Å². The molecule has 0 aromatic carbocycles. The molecule has 0 bridgehead atoms. The van der Waals surface area contributed by atoms with E-state index in [1.165, 1.54) is 13.2 Å². The van der Waals surface area contributed by atoms with Crippen molar-refractivity contribution in [3.63, 3.8) is 0 Å². The van der Waals surface area contributed by atoms with Gasteiger partial charge in [0.1, 0.15) is 0 Å². The number of hydrogen-bond acceptors (Lipinski definition) is 4. The maximum absolute atomic E-state index is 10.8. The molecule has 105 valence electrons. The van der Waals surface area contributed by atoms with Gasteiger partial charge in [0, 0.05) is 6.42 Å². The standard InChI is InChI=1S/C14H25O4/c1-5-12-11(8-10(2)3)6-7-14(17,18-12)13(4,16)9-15/h10-12,16-17H,5-8H2,1-4H3. The molecule has 1 aliphatic heterocycles. The molecule has 0 aliphatic carbocycles. The minimum Gasteiger partial charge on any atom is -0.377 e. The van der Waals surface area contributed by atoms with E-state index in [1.807, 2.05) is 6.92 Å². The predicted molar refractivity (Wildman–Crippen MR) is 68.6 cm³/mol. The molecule has 0 saturated carbocycles. The summed E-state index contributed by atoms with van der Waals surface area (Å²) in [4.78, 5) is 10.8. The molecule has 0 aromatic heterocycles. The zero-order valence-electron chi connectivity index (χ0n) is 11.8. The second-order valence-electron chi connectivity index (χ2n) is 5.95. The highest BCUT2D eigenvalue weighted by Gasteiger charge is 2.52. The first-order chi connectivity index (χ1) is 8.25. The van der Waals surface area contributed by atoms with Crippen LogP contribution in [0.4, 0.5) is 0 Å². The zero-order chi connectivity index (χ0) is 14.0. The molecule has 4 heteroatoms. The molecule has 1 aliphatic rings. The topological polar surface area (TPSA) is 66.8 Å². The summed E-state index contributed by atoms with van der Waals surface area (Å²) in [6.07, 6.45) is 4.17. The summed E-state index contributed by atoms with van der Waals surface area (Å²) in [5, 5.41) is 20.2. The van der Waals surface area contributed by atoms with Crippen LogP contribution in [-0.4, -0.2) is 34.0 Å². The lowest BCUT2D eigenvalue weighted by atomic mass is 9.79. The molecule has 1 rings (SSSR count). The van der Waals surface area contributed by atoms with Crippen molar-refractivity contribution in [1.29, 1.82) is 0 Å². The van der Waals surface area contributed by atoms with Gasteiger partial charge in [-0.3, -0.25) is 4.79 Å². The van der Waals surface area contributed by atoms with Gasteiger partial charge < -0.3 is 14.9 Å². The minimum atomic E-state index is -1.97. The van der Waals surface area contributed by atoms with E-state index in [9.17, 15) is 15.0 Å². The predicted octanol–water partition coefficient (Wildman–Crippen LogP) is 1.79. The van der Waals surface area contributed by atoms with Crippen LogP contribution in [0.3, 0.4) is 0 Å². The van der Waals surface area contributed by atoms with E-state index in [4.69, 9.17) is 4.74 Å². The lowest BCUT2D eigenvalue weighted by Crippen LogP contribution is -2.60. The van der Waals surface area contributed by atoms with Crippen molar-refractivity contribution in [2.24, 2.45) is 11.8 Å². The summed E-state index contributed by atoms with van der Waals surface area (Å²) in [5.74, 6) is -0.863. The van der Waals surface area contributed by atoms with Crippen LogP contribution in [0.15, 0.2) is 0 Å². The van der Waals surface area contributed by atoms with Gasteiger partial charge in [0.15, 0.2) is 5.60 Å². The third-order valence-electron chi connectivity index (χ3n) is 3.86. The van der Waals surface area contributed by atoms with Crippen LogP contribution in [0, 0.1) is 11.8 Å². The third-order valence-corrected chi connectivity index (χ3v) is 3.86. The molecule has 0 spiro atoms. The van der Waals surface area contributed by atoms with Crippen molar-refractivity contribution in [2.75, 3.05) is 0 Å². The van der Waals surface area contributed by atoms with Crippen LogP contribution < -0.4 is 0 Å². The highest BCUT2D eigenvalue weighted by Crippen LogP contribution is 2.40. The maximum atomic E-state index is 10.8. The van der Waals surface area contributed by atoms with Gasteiger partial charge in [-0.15, -0.1) is 0 Å². The van der Waals surface area contributed by atoms with Gasteiger partial charge in [-0.25, -0.2) is 0 Å². The van der Waals surface area contributed by atoms with E-state index in [0.717, 1.165) is 19.3 Å². The maximum Gasteiger partial charge on any atom is 0.238 e. The first-order valence-electron chi connectivity index (χ1n) is 6.77. The summed E-state index contributed by atoms with van der Waals surface area (Å²) in [6.45, 7) is 7.55. The molecule has 1 saturated heterocycles. The number of ether oxygens (including phenoxy) is 1. The van der Waals surface area contributed by atoms with Crippen molar-refractivity contribution in [3.8, 4) is 0 Å². The molecule has 18 heavy (non-hydrogen) atoms. The van der Waals surface area contributed by atoms with E-state index in [0.29, 0.717) is 11.8 Å². The number of rotatable bonds is 5. The van der Waals surface area contributed by atoms with Crippen molar-refractivity contribution in [3.05, 3.63) is 0 Å². The summed E-state index contributed by atoms with van der Waals surface area (Å²) in [5.41, 5.74) is -1.97. The van der Waals surface area contributed by atoms with E-state index >= 15 is 0 Å². The first-order valence-corrected chi connectivity index (χ1v) is 6.77. The van der Waals surface area contributed by atoms with Gasteiger partial charge in [0.05, 0.1) is 6.10 Å². The van der Waals surface area contributed by atoms with Gasteiger partial charge in [0.2, 0.25) is 12.1 Å². The molecular formula is C14H25O4. The molecule has 4 unspecified atom stereocenters. The van der Waals surface area contributed by atoms with E-state index in [1.54, 1.807) is 0 Å². The Balaban J connectivity index is 2.80. The fourth-order valence-corrected chi connectivity index (χ4v) is 2.70. The van der Waals surface area contributed by atoms with Crippen LogP contribution in [0.25, 0.3) is 0 Å². The van der Waals surface area contributed by atoms with Crippen molar-refractivity contribution in [1.82, 2.24) is 0 Å². The number of hydrogen-bond donors (Lipinski definition) is 2. The van der Waals surface area contributed by atoms with Crippen molar-refractivity contribution < 1.29 is 19.7 Å². The Kier molecular flexibility index (Phi) is 4.92. The van der Waals surface area contributed by atoms with Crippen LogP contribution in [0.2, 0.25) is 0 Å². The highest BCUT2D eigenvalue weighted by molar-refractivity contribution is 5.64. The molecule has 4 nitrogen and oxygen atoms in total. The van der Waals surface area contributed by atoms with E-state index in [-0.39, 0.29) is 12.5 Å². The Hall–Kier alpha value is -0.450. The minimum absolute atomic E-state index is 0.119. The summed E-state index contributed by atoms with van der Waals surface area (Å²) in [6, 6.07) is 0. The molecular weight excluding hydrogens is 232 g/mol. The molecule has 0 aromatic rings. The Morgan fingerprint density at radius 2 is 2.17 bits per heavy atom. The number of carbonyl (C=O) groups excluding carboxylic acids is 1. The highest BCUT2D eigenvalue weighted by atomic mass is 16.6. The largest absolute Gasteiger partial charge is 0.377 e. The molecule has 2 N–H and O–H groups in total. The molecule has 1 fully saturated rings. The van der Waals surface area contributed by atoms with E-state index in [2.05, 4.69) is 13.8 Å². The van der Waals surface area contributed by atoms with Gasteiger partial charge in [0.25, 0.3) is 0 Å². The van der Waals surface area contributed by atoms with Gasteiger partial charge in [-0.2, -0.15) is 0 Å². The fraction of sp³-hybridized carbons (Fsp3) is 0.929. The SMILES string of the molecule is CCC1OC(O)(C(C)(O)[C]=O)CCC1CC(C)C. The molecule has 4 atom stereocenters. The van der Waals surface area contributed by atoms with Gasteiger partial charge in [-0.05, 0) is 38.0 Å². The zero-order valence-corrected chi connectivity index (χ0v) is 11.8. The quantitative estimate of drug-likeness (QED) is 0.788. The fourth-order valence-electron chi connectivity index (χ4n) is 2.70. The van der Waals surface area contributed by atoms with Crippen LogP contribution in [-0.2, 0) is 9.53 Å². The second kappa shape index (κ2) is 5.68. The normalized spacial score (nSPS) is 36.4. The Morgan fingerprint density at radius 1 is 1.56 bits per heavy atom. The van der Waals surface area contributed by atoms with Crippen molar-refractivity contribution in [2.45, 2.75) is 70.9 Å². The lowest BCUT2D eigenvalue weighted by molar-refractivity contribution is -0.320. The average molecular weight is 257 g/mol. The average Bonchev–Trinajstić information content (AvgIpc) is 2.30. The lowest BCUT2D eigenvalue weighted by Gasteiger charge is -2.46. The molecule has 0 amide bonds. The summed E-state index contributed by atoms with van der Waals surface area (Å²) < 4.78 is 5.64. The summed E-state index contributed by atoms with van der Waals surface area (Å²) >= 11 is 0. The van der Waals surface area contributed by atoms with Gasteiger partial charge >= 0.3 is 0 Å². The van der Waals surface area contributed by atoms with Gasteiger partial charge in [-0.1, -0.05) is 20.8 Å². The Labute approximate surface area is 109 Å². The molecule has 1 radical (unpaired) electrons. The van der Waals surface area contributed by atoms with Crippen LogP contribution in [0.1, 0.15) is 53.4 Å². The van der Waals surface area contributed by atoms with Crippen molar-refractivity contribution >= 4 is 6.29 Å². The molecule has 1 heterocycles. The smallest absolute Gasteiger partial charge is 0.238 e. The summed E-state index contributed by atoms with van der Waals surface area (Å²) in [7, 11) is 0. The van der Waals surface area contributed by atoms with Crippen LogP contribution >= 0.6 is 0 Å². The Morgan fingerprint density at radius 3 is 2.61 bits per heavy atom. The second-order valence-corrected chi connectivity index (χ2v) is 5.95. The Bertz CT molecular complexity index is 288. The third kappa shape index (κ3) is 3.11.